The highest BCUT2D eigenvalue weighted by molar-refractivity contribution is 7.21. The Morgan fingerprint density at radius 2 is 2.29 bits per heavy atom. The van der Waals surface area contributed by atoms with Gasteiger partial charge in [0.25, 0.3) is 0 Å². The Kier molecular flexibility index (Phi) is 2.29. The first-order valence-corrected chi connectivity index (χ1v) is 5.35. The number of aromatic nitrogens is 1. The van der Waals surface area contributed by atoms with Crippen molar-refractivity contribution in [3.63, 3.8) is 0 Å². The minimum absolute atomic E-state index is 0.693. The van der Waals surface area contributed by atoms with Crippen molar-refractivity contribution >= 4 is 26.7 Å². The van der Waals surface area contributed by atoms with Crippen LogP contribution in [0.2, 0.25) is 0 Å². The highest BCUT2D eigenvalue weighted by atomic mass is 32.1. The van der Waals surface area contributed by atoms with Gasteiger partial charge in [-0.05, 0) is 30.4 Å². The molecule has 0 aliphatic rings. The van der Waals surface area contributed by atoms with Gasteiger partial charge in [0, 0.05) is 6.07 Å². The standard InChI is InChI=1S/C10H12N2OS/c1-3-13-7-4-5-8-9(6-7)14-10(11)12(8)2/h4-6,11H,3H2,1-2H3/p+1. The van der Waals surface area contributed by atoms with Crippen molar-refractivity contribution < 1.29 is 9.30 Å². The van der Waals surface area contributed by atoms with Crippen LogP contribution in [0.1, 0.15) is 6.92 Å². The van der Waals surface area contributed by atoms with Crippen LogP contribution in [0.5, 0.6) is 5.75 Å². The summed E-state index contributed by atoms with van der Waals surface area (Å²) >= 11 is 1.58. The van der Waals surface area contributed by atoms with Gasteiger partial charge in [-0.25, -0.2) is 4.57 Å². The maximum absolute atomic E-state index is 5.82. The molecule has 0 atom stereocenters. The number of benzene rings is 1. The van der Waals surface area contributed by atoms with Crippen LogP contribution in [0.15, 0.2) is 18.2 Å². The van der Waals surface area contributed by atoms with E-state index >= 15 is 0 Å². The minimum atomic E-state index is 0.693. The third-order valence-electron chi connectivity index (χ3n) is 2.15. The molecule has 0 saturated carbocycles. The number of aryl methyl sites for hydroxylation is 1. The first-order chi connectivity index (χ1) is 6.72. The van der Waals surface area contributed by atoms with Crippen molar-refractivity contribution in [2.45, 2.75) is 6.92 Å². The second-order valence-corrected chi connectivity index (χ2v) is 4.12. The van der Waals surface area contributed by atoms with Crippen molar-refractivity contribution in [3.8, 4) is 5.75 Å². The molecule has 0 spiro atoms. The number of thiazole rings is 1. The van der Waals surface area contributed by atoms with Crippen molar-refractivity contribution in [1.29, 1.82) is 0 Å². The van der Waals surface area contributed by atoms with Crippen LogP contribution in [-0.2, 0) is 7.05 Å². The summed E-state index contributed by atoms with van der Waals surface area (Å²) in [6, 6.07) is 6.03. The Hall–Kier alpha value is -1.29. The Balaban J connectivity index is 2.56. The number of nitrogens with two attached hydrogens (primary N) is 1. The maximum Gasteiger partial charge on any atom is 0.332 e. The molecular weight excluding hydrogens is 196 g/mol. The first-order valence-electron chi connectivity index (χ1n) is 4.53. The fourth-order valence-electron chi connectivity index (χ4n) is 1.41. The molecule has 0 aliphatic heterocycles. The first kappa shape index (κ1) is 9.27. The van der Waals surface area contributed by atoms with Crippen LogP contribution in [-0.4, -0.2) is 6.61 Å². The molecule has 2 N–H and O–H groups in total. The highest BCUT2D eigenvalue weighted by Gasteiger charge is 2.11. The van der Waals surface area contributed by atoms with Gasteiger partial charge in [0.1, 0.15) is 11.3 Å². The van der Waals surface area contributed by atoms with Crippen LogP contribution in [0.3, 0.4) is 0 Å². The number of rotatable bonds is 2. The summed E-state index contributed by atoms with van der Waals surface area (Å²) in [5, 5.41) is 0.814. The van der Waals surface area contributed by atoms with Gasteiger partial charge in [-0.3, -0.25) is 5.73 Å². The van der Waals surface area contributed by atoms with Crippen molar-refractivity contribution in [3.05, 3.63) is 18.2 Å². The Morgan fingerprint density at radius 1 is 1.50 bits per heavy atom. The van der Waals surface area contributed by atoms with Crippen LogP contribution < -0.4 is 15.0 Å². The smallest absolute Gasteiger partial charge is 0.332 e. The lowest BCUT2D eigenvalue weighted by molar-refractivity contribution is -0.626. The zero-order valence-electron chi connectivity index (χ0n) is 8.28. The molecule has 0 amide bonds. The number of nitrogen functional groups attached to an aromatic ring is 1. The molecule has 0 unspecified atom stereocenters. The highest BCUT2D eigenvalue weighted by Crippen LogP contribution is 2.25. The monoisotopic (exact) mass is 209 g/mol. The summed E-state index contributed by atoms with van der Waals surface area (Å²) in [6.45, 7) is 2.67. The number of anilines is 1. The molecule has 14 heavy (non-hydrogen) atoms. The fraction of sp³-hybridized carbons (Fsp3) is 0.300. The Morgan fingerprint density at radius 3 is 3.00 bits per heavy atom. The molecule has 0 bridgehead atoms. The fourth-order valence-corrected chi connectivity index (χ4v) is 2.35. The average molecular weight is 209 g/mol. The molecule has 4 heteroatoms. The zero-order chi connectivity index (χ0) is 10.1. The molecule has 3 nitrogen and oxygen atoms in total. The van der Waals surface area contributed by atoms with Gasteiger partial charge in [0.2, 0.25) is 0 Å². The van der Waals surface area contributed by atoms with Crippen LogP contribution in [0.25, 0.3) is 10.2 Å². The quantitative estimate of drug-likeness (QED) is 0.765. The third-order valence-corrected chi connectivity index (χ3v) is 3.18. The van der Waals surface area contributed by atoms with Crippen molar-refractivity contribution in [2.75, 3.05) is 12.3 Å². The molecule has 1 aromatic heterocycles. The number of nitrogens with zero attached hydrogens (tertiary/aromatic N) is 1. The van der Waals surface area contributed by atoms with E-state index in [1.165, 1.54) is 0 Å². The molecule has 0 fully saturated rings. The van der Waals surface area contributed by atoms with Crippen LogP contribution in [0.4, 0.5) is 5.13 Å². The van der Waals surface area contributed by atoms with E-state index in [9.17, 15) is 0 Å². The van der Waals surface area contributed by atoms with Gasteiger partial charge in [-0.15, -0.1) is 0 Å². The van der Waals surface area contributed by atoms with E-state index in [2.05, 4.69) is 0 Å². The van der Waals surface area contributed by atoms with E-state index in [0.29, 0.717) is 6.61 Å². The third kappa shape index (κ3) is 1.42. The van der Waals surface area contributed by atoms with Gasteiger partial charge in [-0.1, -0.05) is 0 Å². The summed E-state index contributed by atoms with van der Waals surface area (Å²) < 4.78 is 8.56. The van der Waals surface area contributed by atoms with Crippen molar-refractivity contribution in [1.82, 2.24) is 0 Å². The summed E-state index contributed by atoms with van der Waals surface area (Å²) in [4.78, 5) is 0. The van der Waals surface area contributed by atoms with E-state index < -0.39 is 0 Å². The number of fused-ring (bicyclic) bond motifs is 1. The number of hydrogen-bond donors (Lipinski definition) is 1. The Bertz CT molecular complexity index is 464. The molecule has 1 aromatic carbocycles. The van der Waals surface area contributed by atoms with Gasteiger partial charge >= 0.3 is 5.13 Å². The summed E-state index contributed by atoms with van der Waals surface area (Å²) in [5.41, 5.74) is 6.97. The van der Waals surface area contributed by atoms with Gasteiger partial charge in [0.15, 0.2) is 0 Å². The second kappa shape index (κ2) is 3.46. The van der Waals surface area contributed by atoms with Crippen LogP contribution in [0, 0.1) is 0 Å². The predicted molar refractivity (Wildman–Crippen MR) is 58.6 cm³/mol. The van der Waals surface area contributed by atoms with E-state index in [4.69, 9.17) is 10.5 Å². The summed E-state index contributed by atoms with van der Waals surface area (Å²) in [5.74, 6) is 0.904. The molecule has 0 saturated heterocycles. The SMILES string of the molecule is CCOc1ccc2c(c1)sc(N)[n+]2C. The maximum atomic E-state index is 5.82. The molecular formula is C10H13N2OS+. The minimum Gasteiger partial charge on any atom is -0.494 e. The Labute approximate surface area is 86.7 Å². The topological polar surface area (TPSA) is 39.1 Å². The lowest BCUT2D eigenvalue weighted by Crippen LogP contribution is -2.29. The lowest BCUT2D eigenvalue weighted by atomic mass is 10.3. The molecule has 2 rings (SSSR count). The number of ether oxygens (including phenoxy) is 1. The molecule has 2 aromatic rings. The normalized spacial score (nSPS) is 10.7. The predicted octanol–water partition coefficient (Wildman–Crippen LogP) is 1.71. The summed E-state index contributed by atoms with van der Waals surface area (Å²) in [6.07, 6.45) is 0. The zero-order valence-corrected chi connectivity index (χ0v) is 9.10. The largest absolute Gasteiger partial charge is 0.494 e. The van der Waals surface area contributed by atoms with Gasteiger partial charge in [-0.2, -0.15) is 0 Å². The van der Waals surface area contributed by atoms with E-state index in [1.807, 2.05) is 36.7 Å². The van der Waals surface area contributed by atoms with Gasteiger partial charge < -0.3 is 4.74 Å². The second-order valence-electron chi connectivity index (χ2n) is 3.06. The molecule has 0 aliphatic carbocycles. The molecule has 74 valence electrons. The van der Waals surface area contributed by atoms with Crippen molar-refractivity contribution in [2.24, 2.45) is 7.05 Å². The lowest BCUT2D eigenvalue weighted by Gasteiger charge is -2.00. The average Bonchev–Trinajstić information content (AvgIpc) is 2.43. The number of hydrogen-bond acceptors (Lipinski definition) is 3. The van der Waals surface area contributed by atoms with E-state index in [0.717, 1.165) is 21.1 Å². The summed E-state index contributed by atoms with van der Waals surface area (Å²) in [7, 11) is 1.97. The molecule has 1 heterocycles. The molecule has 0 radical (unpaired) electrons. The van der Waals surface area contributed by atoms with Gasteiger partial charge in [0.05, 0.1) is 18.4 Å². The van der Waals surface area contributed by atoms with E-state index in [1.54, 1.807) is 11.3 Å². The van der Waals surface area contributed by atoms with Crippen LogP contribution >= 0.6 is 11.3 Å². The van der Waals surface area contributed by atoms with E-state index in [-0.39, 0.29) is 0 Å².